The van der Waals surface area contributed by atoms with Gasteiger partial charge in [0.1, 0.15) is 15.7 Å². The third kappa shape index (κ3) is 7.37. The maximum absolute atomic E-state index is 14.7. The molecule has 5 aliphatic rings. The van der Waals surface area contributed by atoms with E-state index in [1.165, 1.54) is 16.7 Å². The van der Waals surface area contributed by atoms with Gasteiger partial charge < -0.3 is 28.8 Å². The van der Waals surface area contributed by atoms with Crippen molar-refractivity contribution in [3.63, 3.8) is 0 Å². The average Bonchev–Trinajstić information content (AvgIpc) is 3.49. The van der Waals surface area contributed by atoms with E-state index in [0.29, 0.717) is 57.2 Å². The maximum atomic E-state index is 14.7. The number of hydrogen-bond acceptors (Lipinski definition) is 8. The van der Waals surface area contributed by atoms with Crippen LogP contribution in [0.25, 0.3) is 0 Å². The number of anilines is 1. The molecule has 2 N–H and O–H groups in total. The number of hydrogen-bond donors (Lipinski definition) is 2. The van der Waals surface area contributed by atoms with E-state index in [0.717, 1.165) is 43.5 Å². The Balaban J connectivity index is 1.15. The summed E-state index contributed by atoms with van der Waals surface area (Å²) in [5, 5.41) is 11.4. The Morgan fingerprint density at radius 3 is 2.85 bits per heavy atom. The Hall–Kier alpha value is -3.97. The lowest BCUT2D eigenvalue weighted by atomic mass is 9.68. The van der Waals surface area contributed by atoms with Gasteiger partial charge in [0.05, 0.1) is 55.6 Å². The van der Waals surface area contributed by atoms with E-state index >= 15 is 0 Å². The fourth-order valence-corrected chi connectivity index (χ4v) is 11.1. The first kappa shape index (κ1) is 37.0. The molecule has 7 atom stereocenters. The Morgan fingerprint density at radius 2 is 2.04 bits per heavy atom. The number of amides is 2. The third-order valence-electron chi connectivity index (χ3n) is 12.2. The molecule has 1 aromatic heterocycles. The second-order valence-corrected chi connectivity index (χ2v) is 18.3. The topological polar surface area (TPSA) is 132 Å². The molecule has 8 rings (SSSR count). The second-order valence-electron chi connectivity index (χ2n) is 16.3. The van der Waals surface area contributed by atoms with Crippen molar-refractivity contribution in [3.8, 4) is 5.75 Å². The lowest BCUT2D eigenvalue weighted by molar-refractivity contribution is -0.0382. The molecule has 288 valence electrons. The molecule has 1 fully saturated rings. The molecule has 2 amide bonds. The molecule has 2 bridgehead atoms. The fourth-order valence-electron chi connectivity index (χ4n) is 9.23. The number of fused-ring (bicyclic) bond motifs is 5. The Bertz CT molecular complexity index is 2090. The van der Waals surface area contributed by atoms with Crippen LogP contribution in [0.4, 0.5) is 5.69 Å². The van der Waals surface area contributed by atoms with Crippen molar-refractivity contribution in [1.29, 1.82) is 0 Å². The number of ether oxygens (including phenoxy) is 3. The van der Waals surface area contributed by atoms with Crippen LogP contribution >= 0.6 is 0 Å². The Labute approximate surface area is 318 Å². The highest BCUT2D eigenvalue weighted by molar-refractivity contribution is 7.92. The molecule has 3 aromatic rings. The molecule has 1 unspecified atom stereocenters. The molecule has 11 nitrogen and oxygen atoms in total. The van der Waals surface area contributed by atoms with Gasteiger partial charge in [-0.25, -0.2) is 4.21 Å². The SMILES string of the molecule is COC[C@@H]1Cn2cc(C(=O)NS3(=O)=NC(=O)c4ccc5c(c4)N(C[C@@H]4CC[C@H]4[C@@H](O)/C=C/C[C@H](C)C3)C[C@@]3(CCCc4cc(C)ccc43)CO5)cc2CO1. The van der Waals surface area contributed by atoms with Gasteiger partial charge >= 0.3 is 0 Å². The molecule has 1 spiro atoms. The summed E-state index contributed by atoms with van der Waals surface area (Å²) in [6.45, 7) is 7.28. The van der Waals surface area contributed by atoms with Gasteiger partial charge in [-0.15, -0.1) is 4.36 Å². The van der Waals surface area contributed by atoms with Gasteiger partial charge in [0.2, 0.25) is 0 Å². The second kappa shape index (κ2) is 14.9. The number of aromatic nitrogens is 1. The Morgan fingerprint density at radius 1 is 1.17 bits per heavy atom. The van der Waals surface area contributed by atoms with E-state index in [1.54, 1.807) is 25.4 Å². The van der Waals surface area contributed by atoms with Crippen LogP contribution < -0.4 is 14.4 Å². The van der Waals surface area contributed by atoms with Gasteiger partial charge in [0, 0.05) is 43.1 Å². The van der Waals surface area contributed by atoms with E-state index in [2.05, 4.69) is 39.1 Å². The van der Waals surface area contributed by atoms with Crippen molar-refractivity contribution in [1.82, 2.24) is 9.29 Å². The predicted octanol–water partition coefficient (Wildman–Crippen LogP) is 5.75. The third-order valence-corrected chi connectivity index (χ3v) is 14.2. The Kier molecular flexibility index (Phi) is 10.2. The minimum absolute atomic E-state index is 0.0366. The van der Waals surface area contributed by atoms with Gasteiger partial charge in [-0.2, -0.15) is 0 Å². The summed E-state index contributed by atoms with van der Waals surface area (Å²) < 4.78 is 41.4. The van der Waals surface area contributed by atoms with Crippen LogP contribution in [0.15, 0.2) is 65.2 Å². The minimum atomic E-state index is -3.58. The first-order chi connectivity index (χ1) is 26.0. The predicted molar refractivity (Wildman–Crippen MR) is 207 cm³/mol. The minimum Gasteiger partial charge on any atom is -0.490 e. The molecular weight excluding hydrogens is 705 g/mol. The zero-order valence-corrected chi connectivity index (χ0v) is 32.3. The van der Waals surface area contributed by atoms with Gasteiger partial charge in [-0.3, -0.25) is 14.3 Å². The average molecular weight is 757 g/mol. The highest BCUT2D eigenvalue weighted by Gasteiger charge is 2.44. The van der Waals surface area contributed by atoms with E-state index in [1.807, 2.05) is 35.8 Å². The van der Waals surface area contributed by atoms with E-state index in [9.17, 15) is 18.9 Å². The van der Waals surface area contributed by atoms with Crippen LogP contribution in [0.2, 0.25) is 0 Å². The van der Waals surface area contributed by atoms with Crippen molar-refractivity contribution in [3.05, 3.63) is 94.3 Å². The van der Waals surface area contributed by atoms with Crippen molar-refractivity contribution in [2.75, 3.05) is 44.1 Å². The van der Waals surface area contributed by atoms with Crippen LogP contribution in [-0.2, 0) is 44.4 Å². The first-order valence-electron chi connectivity index (χ1n) is 19.4. The number of nitrogens with one attached hydrogen (secondary N) is 1. The van der Waals surface area contributed by atoms with E-state index < -0.39 is 27.8 Å². The van der Waals surface area contributed by atoms with Crippen LogP contribution in [0.3, 0.4) is 0 Å². The number of nitrogens with zero attached hydrogens (tertiary/aromatic N) is 3. The normalized spacial score (nSPS) is 31.4. The van der Waals surface area contributed by atoms with Gasteiger partial charge in [0.25, 0.3) is 11.8 Å². The first-order valence-corrected chi connectivity index (χ1v) is 21.1. The lowest BCUT2D eigenvalue weighted by Gasteiger charge is -2.45. The zero-order valence-electron chi connectivity index (χ0n) is 31.5. The standard InChI is InChI=1S/C42H52N4O7S/c1-27-9-13-36-29(16-27)7-5-15-42(36)25-46-19-31-10-12-35(31)38(47)8-4-6-28(2)24-54(50,43-40(48)30-11-14-39(53-26-42)37(46)18-30)44-41(49)32-17-33-22-52-34(23-51-3)21-45(33)20-32/h4,8-9,11,13-14,16-18,20,28,31,34-35,38,47H,5-7,10,12,15,19,21-26H2,1-3H3,(H,43,44,48,49,50)/b8-4+/t28-,31-,34-,35+,38-,42-,54?/m0/s1. The molecular formula is C42H52N4O7S. The smallest absolute Gasteiger partial charge is 0.286 e. The molecule has 3 aliphatic heterocycles. The molecule has 0 saturated heterocycles. The largest absolute Gasteiger partial charge is 0.490 e. The lowest BCUT2D eigenvalue weighted by Crippen LogP contribution is -2.49. The van der Waals surface area contributed by atoms with Crippen molar-refractivity contribution in [2.24, 2.45) is 22.1 Å². The van der Waals surface area contributed by atoms with Crippen molar-refractivity contribution in [2.45, 2.75) is 83.1 Å². The number of aliphatic hydroxyl groups excluding tert-OH is 1. The monoisotopic (exact) mass is 756 g/mol. The number of aryl methyl sites for hydroxylation is 2. The summed E-state index contributed by atoms with van der Waals surface area (Å²) in [6, 6.07) is 13.8. The summed E-state index contributed by atoms with van der Waals surface area (Å²) in [6.07, 6.45) is 10.3. The quantitative estimate of drug-likeness (QED) is 0.322. The highest BCUT2D eigenvalue weighted by Crippen LogP contribution is 2.46. The van der Waals surface area contributed by atoms with Gasteiger partial charge in [-0.1, -0.05) is 42.8 Å². The maximum Gasteiger partial charge on any atom is 0.286 e. The summed E-state index contributed by atoms with van der Waals surface area (Å²) in [5.74, 6) is -0.389. The molecule has 12 heteroatoms. The summed E-state index contributed by atoms with van der Waals surface area (Å²) in [5.41, 5.74) is 5.94. The van der Waals surface area contributed by atoms with E-state index in [-0.39, 0.29) is 40.6 Å². The van der Waals surface area contributed by atoms with Crippen LogP contribution in [0, 0.1) is 24.7 Å². The number of benzene rings is 2. The van der Waals surface area contributed by atoms with Crippen molar-refractivity contribution < 1.29 is 33.1 Å². The van der Waals surface area contributed by atoms with Crippen LogP contribution in [-0.4, -0.2) is 77.1 Å². The summed E-state index contributed by atoms with van der Waals surface area (Å²) >= 11 is 0. The summed E-state index contributed by atoms with van der Waals surface area (Å²) in [4.78, 5) is 30.2. The molecule has 4 heterocycles. The van der Waals surface area contributed by atoms with E-state index in [4.69, 9.17) is 14.2 Å². The fraction of sp³-hybridized carbons (Fsp3) is 0.524. The van der Waals surface area contributed by atoms with Gasteiger partial charge in [0.15, 0.2) is 0 Å². The summed E-state index contributed by atoms with van der Waals surface area (Å²) in [7, 11) is -1.96. The zero-order chi connectivity index (χ0) is 37.6. The number of methoxy groups -OCH3 is 1. The number of aliphatic hydroxyl groups is 1. The molecule has 0 radical (unpaired) electrons. The molecule has 54 heavy (non-hydrogen) atoms. The van der Waals surface area contributed by atoms with Gasteiger partial charge in [-0.05, 0) is 98.6 Å². The molecule has 2 aliphatic carbocycles. The van der Waals surface area contributed by atoms with Crippen molar-refractivity contribution >= 4 is 27.4 Å². The van der Waals surface area contributed by atoms with Crippen LogP contribution in [0.5, 0.6) is 5.75 Å². The molecule has 2 aromatic carbocycles. The molecule has 1 saturated carbocycles. The number of rotatable bonds is 4. The highest BCUT2D eigenvalue weighted by atomic mass is 32.2. The number of carbonyl (C=O) groups excluding carboxylic acids is 2. The number of allylic oxidation sites excluding steroid dienone is 1. The number of carbonyl (C=O) groups is 2. The van der Waals surface area contributed by atoms with Crippen LogP contribution in [0.1, 0.15) is 82.1 Å².